The Balaban J connectivity index is 2.26. The van der Waals surface area contributed by atoms with Crippen molar-refractivity contribution in [2.24, 2.45) is 5.84 Å². The number of nitrogens with one attached hydrogen (secondary N) is 1. The molecule has 0 aliphatic rings. The summed E-state index contributed by atoms with van der Waals surface area (Å²) in [6, 6.07) is 6.32. The lowest BCUT2D eigenvalue weighted by Crippen LogP contribution is -2.29. The second-order valence-electron chi connectivity index (χ2n) is 3.93. The molecule has 2 nitrogen and oxygen atoms in total. The van der Waals surface area contributed by atoms with Crippen LogP contribution in [0.15, 0.2) is 32.5 Å². The van der Waals surface area contributed by atoms with E-state index in [0.29, 0.717) is 17.0 Å². The number of thiophene rings is 1. The summed E-state index contributed by atoms with van der Waals surface area (Å²) in [4.78, 5) is 1.01. The van der Waals surface area contributed by atoms with Crippen LogP contribution < -0.4 is 11.3 Å². The number of halogens is 4. The topological polar surface area (TPSA) is 38.0 Å². The number of hydrazine groups is 1. The number of nitrogens with two attached hydrogens (primary N) is 1. The van der Waals surface area contributed by atoms with Gasteiger partial charge in [-0.15, -0.1) is 11.3 Å². The summed E-state index contributed by atoms with van der Waals surface area (Å²) in [5, 5.41) is 0.515. The lowest BCUT2D eigenvalue weighted by atomic mass is 10.0. The van der Waals surface area contributed by atoms with Crippen molar-refractivity contribution in [2.75, 3.05) is 0 Å². The van der Waals surface area contributed by atoms with Crippen molar-refractivity contribution in [3.8, 4) is 0 Å². The molecule has 0 aliphatic carbocycles. The number of hydrogen-bond donors (Lipinski definition) is 2. The average molecular weight is 429 g/mol. The summed E-state index contributed by atoms with van der Waals surface area (Å²) in [5.41, 5.74) is 3.25. The van der Waals surface area contributed by atoms with Crippen molar-refractivity contribution < 1.29 is 4.39 Å². The maximum Gasteiger partial charge on any atom is 0.126 e. The minimum absolute atomic E-state index is 0.166. The molecule has 1 unspecified atom stereocenters. The predicted molar refractivity (Wildman–Crippen MR) is 84.9 cm³/mol. The van der Waals surface area contributed by atoms with Gasteiger partial charge >= 0.3 is 0 Å². The molecule has 1 aromatic heterocycles. The first kappa shape index (κ1) is 15.4. The number of benzene rings is 1. The Labute approximate surface area is 136 Å². The molecule has 3 N–H and O–H groups in total. The zero-order valence-electron chi connectivity index (χ0n) is 9.59. The largest absolute Gasteiger partial charge is 0.271 e. The van der Waals surface area contributed by atoms with E-state index >= 15 is 0 Å². The van der Waals surface area contributed by atoms with Crippen molar-refractivity contribution >= 4 is 54.8 Å². The van der Waals surface area contributed by atoms with Crippen LogP contribution >= 0.6 is 54.8 Å². The van der Waals surface area contributed by atoms with Crippen molar-refractivity contribution in [3.05, 3.63) is 53.8 Å². The van der Waals surface area contributed by atoms with Crippen LogP contribution in [0.4, 0.5) is 4.39 Å². The molecule has 0 fully saturated rings. The van der Waals surface area contributed by atoms with E-state index in [0.717, 1.165) is 13.1 Å². The fourth-order valence-corrected chi connectivity index (χ4v) is 4.04. The third-order valence-electron chi connectivity index (χ3n) is 2.64. The first-order chi connectivity index (χ1) is 9.01. The predicted octanol–water partition coefficient (Wildman–Crippen LogP) is 4.81. The fourth-order valence-electron chi connectivity index (χ4n) is 1.70. The molecule has 7 heteroatoms. The molecule has 0 aliphatic heterocycles. The van der Waals surface area contributed by atoms with Gasteiger partial charge in [0.2, 0.25) is 0 Å². The molecule has 2 aromatic rings. The summed E-state index contributed by atoms with van der Waals surface area (Å²) < 4.78 is 15.7. The highest BCUT2D eigenvalue weighted by Crippen LogP contribution is 2.36. The van der Waals surface area contributed by atoms with Gasteiger partial charge in [-0.25, -0.2) is 4.39 Å². The Morgan fingerprint density at radius 2 is 2.11 bits per heavy atom. The normalized spacial score (nSPS) is 12.7. The molecule has 1 atom stereocenters. The monoisotopic (exact) mass is 426 g/mol. The molecule has 0 amide bonds. The van der Waals surface area contributed by atoms with Crippen LogP contribution in [0, 0.1) is 5.82 Å². The lowest BCUT2D eigenvalue weighted by Gasteiger charge is -2.14. The van der Waals surface area contributed by atoms with Crippen molar-refractivity contribution in [3.63, 3.8) is 0 Å². The van der Waals surface area contributed by atoms with Crippen molar-refractivity contribution in [1.82, 2.24) is 5.43 Å². The minimum atomic E-state index is -0.278. The molecule has 102 valence electrons. The average Bonchev–Trinajstić information content (AvgIpc) is 2.70. The Morgan fingerprint density at radius 3 is 2.68 bits per heavy atom. The third kappa shape index (κ3) is 3.77. The number of rotatable bonds is 4. The van der Waals surface area contributed by atoms with E-state index in [1.54, 1.807) is 17.4 Å². The van der Waals surface area contributed by atoms with Crippen molar-refractivity contribution in [1.29, 1.82) is 0 Å². The first-order valence-corrected chi connectivity index (χ1v) is 8.14. The van der Waals surface area contributed by atoms with Crippen molar-refractivity contribution in [2.45, 2.75) is 12.5 Å². The molecule has 0 radical (unpaired) electrons. The fraction of sp³-hybridized carbons (Fsp3) is 0.167. The summed E-state index contributed by atoms with van der Waals surface area (Å²) in [6.07, 6.45) is 0.433. The van der Waals surface area contributed by atoms with Gasteiger partial charge in [0.1, 0.15) is 5.82 Å². The maximum atomic E-state index is 13.7. The van der Waals surface area contributed by atoms with E-state index in [1.165, 1.54) is 12.1 Å². The molecule has 19 heavy (non-hydrogen) atoms. The second kappa shape index (κ2) is 6.65. The first-order valence-electron chi connectivity index (χ1n) is 5.36. The van der Waals surface area contributed by atoms with Gasteiger partial charge in [-0.2, -0.15) is 0 Å². The highest BCUT2D eigenvalue weighted by atomic mass is 79.9. The third-order valence-corrected chi connectivity index (χ3v) is 6.25. The smallest absolute Gasteiger partial charge is 0.126 e. The SMILES string of the molecule is NNC(Cc1cc(Cl)ccc1F)c1cc(Br)c(Br)s1. The van der Waals surface area contributed by atoms with Crippen LogP contribution in [0.1, 0.15) is 16.5 Å². The van der Waals surface area contributed by atoms with Gasteiger partial charge < -0.3 is 0 Å². The minimum Gasteiger partial charge on any atom is -0.271 e. The van der Waals surface area contributed by atoms with Gasteiger partial charge in [0.25, 0.3) is 0 Å². The summed E-state index contributed by atoms with van der Waals surface area (Å²) >= 11 is 14.3. The van der Waals surface area contributed by atoms with E-state index in [9.17, 15) is 4.39 Å². The highest BCUT2D eigenvalue weighted by Gasteiger charge is 2.17. The maximum absolute atomic E-state index is 13.7. The van der Waals surface area contributed by atoms with Crippen LogP contribution in [0.2, 0.25) is 5.02 Å². The second-order valence-corrected chi connectivity index (χ2v) is 7.62. The molecule has 1 heterocycles. The highest BCUT2D eigenvalue weighted by molar-refractivity contribution is 9.13. The van der Waals surface area contributed by atoms with E-state index < -0.39 is 0 Å². The summed E-state index contributed by atoms with van der Waals surface area (Å²) in [6.45, 7) is 0. The Morgan fingerprint density at radius 1 is 1.37 bits per heavy atom. The Kier molecular flexibility index (Phi) is 5.39. The Hall–Kier alpha value is 0.0200. The lowest BCUT2D eigenvalue weighted by molar-refractivity contribution is 0.535. The molecule has 1 aromatic carbocycles. The standard InChI is InChI=1S/C12H10Br2ClFN2S/c13-8-5-11(19-12(8)14)10(18-17)4-6-3-7(15)1-2-9(6)16/h1-3,5,10,18H,4,17H2. The van der Waals surface area contributed by atoms with Crippen LogP contribution in [0.25, 0.3) is 0 Å². The van der Waals surface area contributed by atoms with Gasteiger partial charge in [0.15, 0.2) is 0 Å². The van der Waals surface area contributed by atoms with Gasteiger partial charge in [0, 0.05) is 14.4 Å². The van der Waals surface area contributed by atoms with Crippen LogP contribution in [-0.4, -0.2) is 0 Å². The van der Waals surface area contributed by atoms with E-state index in [-0.39, 0.29) is 11.9 Å². The summed E-state index contributed by atoms with van der Waals surface area (Å²) in [7, 11) is 0. The molecule has 0 saturated heterocycles. The molecule has 0 bridgehead atoms. The van der Waals surface area contributed by atoms with Gasteiger partial charge in [-0.3, -0.25) is 11.3 Å². The number of hydrogen-bond acceptors (Lipinski definition) is 3. The van der Waals surface area contributed by atoms with Gasteiger partial charge in [0.05, 0.1) is 9.83 Å². The summed E-state index contributed by atoms with van der Waals surface area (Å²) in [5.74, 6) is 5.29. The van der Waals surface area contributed by atoms with E-state index in [4.69, 9.17) is 17.4 Å². The van der Waals surface area contributed by atoms with E-state index in [2.05, 4.69) is 37.3 Å². The van der Waals surface area contributed by atoms with Gasteiger partial charge in [-0.05, 0) is 68.1 Å². The van der Waals surface area contributed by atoms with Crippen LogP contribution in [-0.2, 0) is 6.42 Å². The zero-order valence-corrected chi connectivity index (χ0v) is 14.3. The van der Waals surface area contributed by atoms with Crippen LogP contribution in [0.5, 0.6) is 0 Å². The van der Waals surface area contributed by atoms with E-state index in [1.807, 2.05) is 6.07 Å². The molecular formula is C12H10Br2ClFN2S. The zero-order chi connectivity index (χ0) is 14.0. The molecular weight excluding hydrogens is 418 g/mol. The molecule has 0 spiro atoms. The van der Waals surface area contributed by atoms with Crippen LogP contribution in [0.3, 0.4) is 0 Å². The molecule has 0 saturated carbocycles. The molecule has 2 rings (SSSR count). The van der Waals surface area contributed by atoms with Gasteiger partial charge in [-0.1, -0.05) is 11.6 Å². The Bertz CT molecular complexity index is 572. The quantitative estimate of drug-likeness (QED) is 0.542.